The van der Waals surface area contributed by atoms with Crippen molar-refractivity contribution in [3.05, 3.63) is 35.4 Å². The highest BCUT2D eigenvalue weighted by atomic mass is 19.1. The van der Waals surface area contributed by atoms with Gasteiger partial charge in [0.1, 0.15) is 11.6 Å². The van der Waals surface area contributed by atoms with Gasteiger partial charge in [-0.1, -0.05) is 0 Å². The maximum absolute atomic E-state index is 13.5. The number of hydrogen-bond acceptors (Lipinski definition) is 3. The van der Waals surface area contributed by atoms with Crippen LogP contribution in [0.15, 0.2) is 18.2 Å². The third-order valence-corrected chi connectivity index (χ3v) is 4.27. The fourth-order valence-electron chi connectivity index (χ4n) is 2.92. The molecule has 1 aromatic rings. The van der Waals surface area contributed by atoms with Gasteiger partial charge in [-0.25, -0.2) is 8.78 Å². The Morgan fingerprint density at radius 1 is 1.29 bits per heavy atom. The van der Waals surface area contributed by atoms with E-state index in [9.17, 15) is 8.78 Å². The highest BCUT2D eigenvalue weighted by Crippen LogP contribution is 2.38. The topological polar surface area (TPSA) is 38.5 Å². The zero-order valence-corrected chi connectivity index (χ0v) is 12.7. The molecule has 0 bridgehead atoms. The van der Waals surface area contributed by atoms with Crippen molar-refractivity contribution in [1.29, 1.82) is 0 Å². The summed E-state index contributed by atoms with van der Waals surface area (Å²) in [7, 11) is 1.65. The monoisotopic (exact) mass is 298 g/mol. The van der Waals surface area contributed by atoms with E-state index in [1.807, 2.05) is 0 Å². The lowest BCUT2D eigenvalue weighted by Gasteiger charge is -2.36. The molecule has 2 atom stereocenters. The molecular formula is C16H24F2N2O. The van der Waals surface area contributed by atoms with E-state index in [-0.39, 0.29) is 6.04 Å². The van der Waals surface area contributed by atoms with Crippen LogP contribution in [0.3, 0.4) is 0 Å². The first kappa shape index (κ1) is 16.3. The molecule has 2 N–H and O–H groups in total. The molecule has 1 aliphatic carbocycles. The van der Waals surface area contributed by atoms with Crippen molar-refractivity contribution in [2.45, 2.75) is 31.8 Å². The standard InChI is InChI=1S/C16H24F2N2O/c1-11(12-3-4-12)20(5-6-21-2)16(10-19)13-7-14(17)9-15(18)8-13/h7-9,11-12,16H,3-6,10,19H2,1-2H3. The first-order chi connectivity index (χ1) is 10.1. The molecule has 0 spiro atoms. The summed E-state index contributed by atoms with van der Waals surface area (Å²) < 4.78 is 32.1. The lowest BCUT2D eigenvalue weighted by molar-refractivity contribution is 0.0832. The summed E-state index contributed by atoms with van der Waals surface area (Å²) in [6.45, 7) is 3.76. The Hall–Kier alpha value is -1.04. The maximum Gasteiger partial charge on any atom is 0.126 e. The zero-order chi connectivity index (χ0) is 15.4. The zero-order valence-electron chi connectivity index (χ0n) is 12.7. The summed E-state index contributed by atoms with van der Waals surface area (Å²) in [4.78, 5) is 2.22. The van der Waals surface area contributed by atoms with Crippen molar-refractivity contribution in [2.75, 3.05) is 26.8 Å². The van der Waals surface area contributed by atoms with E-state index in [4.69, 9.17) is 10.5 Å². The Morgan fingerprint density at radius 2 is 1.90 bits per heavy atom. The van der Waals surface area contributed by atoms with Crippen LogP contribution in [-0.4, -0.2) is 37.7 Å². The van der Waals surface area contributed by atoms with E-state index < -0.39 is 11.6 Å². The lowest BCUT2D eigenvalue weighted by atomic mass is 10.0. The number of ether oxygens (including phenoxy) is 1. The predicted octanol–water partition coefficient (Wildman–Crippen LogP) is 2.71. The van der Waals surface area contributed by atoms with Gasteiger partial charge in [0.05, 0.1) is 6.61 Å². The Labute approximate surface area is 125 Å². The highest BCUT2D eigenvalue weighted by Gasteiger charge is 2.35. The molecule has 0 aliphatic heterocycles. The fraction of sp³-hybridized carbons (Fsp3) is 0.625. The van der Waals surface area contributed by atoms with E-state index in [0.717, 1.165) is 6.07 Å². The van der Waals surface area contributed by atoms with Crippen molar-refractivity contribution in [2.24, 2.45) is 11.7 Å². The molecule has 3 nitrogen and oxygen atoms in total. The normalized spacial score (nSPS) is 18.0. The van der Waals surface area contributed by atoms with Crippen LogP contribution in [0, 0.1) is 17.6 Å². The minimum atomic E-state index is -0.561. The first-order valence-electron chi connectivity index (χ1n) is 7.47. The first-order valence-corrected chi connectivity index (χ1v) is 7.47. The number of methoxy groups -OCH3 is 1. The van der Waals surface area contributed by atoms with Crippen molar-refractivity contribution in [1.82, 2.24) is 4.90 Å². The van der Waals surface area contributed by atoms with Crippen molar-refractivity contribution < 1.29 is 13.5 Å². The Kier molecular flexibility index (Phi) is 5.67. The smallest absolute Gasteiger partial charge is 0.126 e. The average molecular weight is 298 g/mol. The molecule has 1 fully saturated rings. The maximum atomic E-state index is 13.5. The molecule has 0 aromatic heterocycles. The molecule has 118 valence electrons. The average Bonchev–Trinajstić information content (AvgIpc) is 3.26. The van der Waals surface area contributed by atoms with Crippen LogP contribution in [0.25, 0.3) is 0 Å². The van der Waals surface area contributed by atoms with Crippen LogP contribution >= 0.6 is 0 Å². The molecule has 1 aromatic carbocycles. The van der Waals surface area contributed by atoms with Crippen LogP contribution in [0.2, 0.25) is 0 Å². The van der Waals surface area contributed by atoms with Gasteiger partial charge < -0.3 is 10.5 Å². The van der Waals surface area contributed by atoms with Gasteiger partial charge in [0.25, 0.3) is 0 Å². The molecule has 1 saturated carbocycles. The van der Waals surface area contributed by atoms with E-state index in [2.05, 4.69) is 11.8 Å². The molecule has 5 heteroatoms. The van der Waals surface area contributed by atoms with E-state index in [1.54, 1.807) is 7.11 Å². The molecule has 1 aliphatic rings. The molecule has 2 unspecified atom stereocenters. The van der Waals surface area contributed by atoms with Crippen molar-refractivity contribution in [3.8, 4) is 0 Å². The second kappa shape index (κ2) is 7.29. The number of hydrogen-bond donors (Lipinski definition) is 1. The highest BCUT2D eigenvalue weighted by molar-refractivity contribution is 5.22. The van der Waals surface area contributed by atoms with Gasteiger partial charge in [-0.15, -0.1) is 0 Å². The quantitative estimate of drug-likeness (QED) is 0.802. The summed E-state index contributed by atoms with van der Waals surface area (Å²) >= 11 is 0. The van der Waals surface area contributed by atoms with Crippen LogP contribution in [0.4, 0.5) is 8.78 Å². The molecule has 0 saturated heterocycles. The van der Waals surface area contributed by atoms with E-state index in [0.29, 0.717) is 37.2 Å². The fourth-order valence-corrected chi connectivity index (χ4v) is 2.92. The van der Waals surface area contributed by atoms with Crippen LogP contribution < -0.4 is 5.73 Å². The molecule has 0 heterocycles. The van der Waals surface area contributed by atoms with Gasteiger partial charge >= 0.3 is 0 Å². The largest absolute Gasteiger partial charge is 0.383 e. The summed E-state index contributed by atoms with van der Waals surface area (Å²) in [5.74, 6) is -0.474. The Bertz CT molecular complexity index is 445. The number of nitrogens with zero attached hydrogens (tertiary/aromatic N) is 1. The SMILES string of the molecule is COCCN(C(CN)c1cc(F)cc(F)c1)C(C)C1CC1. The minimum Gasteiger partial charge on any atom is -0.383 e. The van der Waals surface area contributed by atoms with Crippen LogP contribution in [0.5, 0.6) is 0 Å². The second-order valence-electron chi connectivity index (χ2n) is 5.76. The van der Waals surface area contributed by atoms with Crippen LogP contribution in [-0.2, 0) is 4.74 Å². The number of halogens is 2. The van der Waals surface area contributed by atoms with E-state index >= 15 is 0 Å². The minimum absolute atomic E-state index is 0.194. The molecule has 0 amide bonds. The summed E-state index contributed by atoms with van der Waals surface area (Å²) in [5.41, 5.74) is 6.50. The third-order valence-electron chi connectivity index (χ3n) is 4.27. The lowest BCUT2D eigenvalue weighted by Crippen LogP contribution is -2.43. The summed E-state index contributed by atoms with van der Waals surface area (Å²) in [6, 6.07) is 3.78. The van der Waals surface area contributed by atoms with Crippen LogP contribution in [0.1, 0.15) is 31.4 Å². The van der Waals surface area contributed by atoms with Gasteiger partial charge in [-0.05, 0) is 43.4 Å². The van der Waals surface area contributed by atoms with Gasteiger partial charge in [0, 0.05) is 38.3 Å². The number of benzene rings is 1. The molecule has 0 radical (unpaired) electrons. The van der Waals surface area contributed by atoms with Gasteiger partial charge in [-0.2, -0.15) is 0 Å². The van der Waals surface area contributed by atoms with E-state index in [1.165, 1.54) is 25.0 Å². The van der Waals surface area contributed by atoms with Crippen molar-refractivity contribution in [3.63, 3.8) is 0 Å². The second-order valence-corrected chi connectivity index (χ2v) is 5.76. The van der Waals surface area contributed by atoms with Gasteiger partial charge in [0.2, 0.25) is 0 Å². The Morgan fingerprint density at radius 3 is 2.38 bits per heavy atom. The van der Waals surface area contributed by atoms with Crippen molar-refractivity contribution >= 4 is 0 Å². The summed E-state index contributed by atoms with van der Waals surface area (Å²) in [5, 5.41) is 0. The summed E-state index contributed by atoms with van der Waals surface area (Å²) in [6.07, 6.45) is 2.42. The molecule has 21 heavy (non-hydrogen) atoms. The van der Waals surface area contributed by atoms with Gasteiger partial charge in [0.15, 0.2) is 0 Å². The Balaban J connectivity index is 2.24. The molecule has 2 rings (SSSR count). The third kappa shape index (κ3) is 4.22. The van der Waals surface area contributed by atoms with Gasteiger partial charge in [-0.3, -0.25) is 4.90 Å². The number of nitrogens with two attached hydrogens (primary N) is 1. The predicted molar refractivity (Wildman–Crippen MR) is 78.9 cm³/mol. The number of rotatable bonds is 8. The molecular weight excluding hydrogens is 274 g/mol.